The fourth-order valence-electron chi connectivity index (χ4n) is 7.62. The summed E-state index contributed by atoms with van der Waals surface area (Å²) in [6.45, 7) is 22.0. The van der Waals surface area contributed by atoms with Crippen LogP contribution in [0.1, 0.15) is 126 Å². The van der Waals surface area contributed by atoms with Crippen molar-refractivity contribution >= 4 is 26.8 Å². The zero-order chi connectivity index (χ0) is 37.1. The molecule has 0 saturated carbocycles. The smallest absolute Gasteiger partial charge is 0.185 e. The van der Waals surface area contributed by atoms with Crippen LogP contribution in [0.4, 0.5) is 0 Å². The molecule has 2 unspecified atom stereocenters. The van der Waals surface area contributed by atoms with Gasteiger partial charge in [0.2, 0.25) is 10.3 Å². The fraction of sp³-hybridized carbons (Fsp3) is 0.457. The Morgan fingerprint density at radius 2 is 1.38 bits per heavy atom. The standard InChI is InChI=1S/C46H61ClO2S/c1-33(21-16-22-34(2)27-28-41-36(4)23-17-29-45(41,7)8)19-14-15-20-35(3)31-42(50(48)49)44(47)38(6)32-40(39-25-12-11-13-26-39)43-37(5)24-18-30-46(43,9)10/h11-16,19-22,25-28,32,40,44H,17-18,23-24,29-31H2,1-10H3. The van der Waals surface area contributed by atoms with Crippen LogP contribution in [0.5, 0.6) is 0 Å². The van der Waals surface area contributed by atoms with Crippen molar-refractivity contribution < 1.29 is 8.42 Å². The van der Waals surface area contributed by atoms with Crippen LogP contribution in [0.3, 0.4) is 0 Å². The zero-order valence-corrected chi connectivity index (χ0v) is 33.9. The number of hydrogen-bond acceptors (Lipinski definition) is 2. The third kappa shape index (κ3) is 12.0. The van der Waals surface area contributed by atoms with Crippen molar-refractivity contribution in [3.8, 4) is 0 Å². The lowest BCUT2D eigenvalue weighted by atomic mass is 9.66. The van der Waals surface area contributed by atoms with Crippen LogP contribution in [0.25, 0.3) is 0 Å². The Morgan fingerprint density at radius 1 is 0.800 bits per heavy atom. The summed E-state index contributed by atoms with van der Waals surface area (Å²) >= 11 is 6.98. The van der Waals surface area contributed by atoms with Crippen molar-refractivity contribution in [2.75, 3.05) is 0 Å². The van der Waals surface area contributed by atoms with Crippen LogP contribution >= 0.6 is 11.6 Å². The predicted molar refractivity (Wildman–Crippen MR) is 220 cm³/mol. The minimum absolute atomic E-state index is 0.0458. The first-order valence-corrected chi connectivity index (χ1v) is 19.8. The van der Waals surface area contributed by atoms with Gasteiger partial charge in [0.1, 0.15) is 0 Å². The largest absolute Gasteiger partial charge is 0.215 e. The number of alkyl halides is 1. The van der Waals surface area contributed by atoms with E-state index in [1.807, 2.05) is 38.1 Å². The summed E-state index contributed by atoms with van der Waals surface area (Å²) in [5.74, 6) is 0.0458. The normalized spacial score (nSPS) is 20.7. The second-order valence-corrected chi connectivity index (χ2v) is 17.2. The molecule has 50 heavy (non-hydrogen) atoms. The van der Waals surface area contributed by atoms with Gasteiger partial charge in [0.15, 0.2) is 0 Å². The Balaban J connectivity index is 1.71. The predicted octanol–water partition coefficient (Wildman–Crippen LogP) is 13.3. The van der Waals surface area contributed by atoms with Crippen molar-refractivity contribution in [1.82, 2.24) is 0 Å². The first-order chi connectivity index (χ1) is 23.5. The molecule has 0 heterocycles. The van der Waals surface area contributed by atoms with Gasteiger partial charge < -0.3 is 0 Å². The van der Waals surface area contributed by atoms with E-state index in [4.69, 9.17) is 11.6 Å². The van der Waals surface area contributed by atoms with Crippen LogP contribution in [-0.4, -0.2) is 18.7 Å². The van der Waals surface area contributed by atoms with Gasteiger partial charge in [-0.1, -0.05) is 158 Å². The Bertz CT molecular complexity index is 1770. The minimum Gasteiger partial charge on any atom is -0.185 e. The highest BCUT2D eigenvalue weighted by Gasteiger charge is 2.34. The molecule has 4 heteroatoms. The van der Waals surface area contributed by atoms with E-state index in [1.54, 1.807) is 0 Å². The maximum atomic E-state index is 12.5. The van der Waals surface area contributed by atoms with Gasteiger partial charge >= 0.3 is 0 Å². The quantitative estimate of drug-likeness (QED) is 0.0883. The number of allylic oxidation sites excluding steroid dienone is 18. The van der Waals surface area contributed by atoms with Crippen LogP contribution < -0.4 is 0 Å². The van der Waals surface area contributed by atoms with Crippen molar-refractivity contribution in [1.29, 1.82) is 0 Å². The third-order valence-electron chi connectivity index (χ3n) is 10.4. The van der Waals surface area contributed by atoms with Crippen LogP contribution in [0, 0.1) is 10.8 Å². The molecule has 2 aliphatic rings. The molecule has 0 amide bonds. The second kappa shape index (κ2) is 18.9. The summed E-state index contributed by atoms with van der Waals surface area (Å²) in [4.78, 5) is 0.298. The van der Waals surface area contributed by atoms with Gasteiger partial charge in [-0.2, -0.15) is 8.42 Å². The lowest BCUT2D eigenvalue weighted by Gasteiger charge is -2.39. The molecule has 270 valence electrons. The molecule has 3 rings (SSSR count). The van der Waals surface area contributed by atoms with Crippen LogP contribution in [-0.2, 0) is 10.3 Å². The monoisotopic (exact) mass is 712 g/mol. The fourth-order valence-corrected chi connectivity index (χ4v) is 8.69. The van der Waals surface area contributed by atoms with E-state index < -0.39 is 15.7 Å². The molecule has 0 bridgehead atoms. The summed E-state index contributed by atoms with van der Waals surface area (Å²) < 4.78 is 25.0. The number of hydrogen-bond donors (Lipinski definition) is 0. The van der Waals surface area contributed by atoms with Crippen molar-refractivity contribution in [2.24, 2.45) is 10.8 Å². The van der Waals surface area contributed by atoms with E-state index in [2.05, 4.69) is 122 Å². The van der Waals surface area contributed by atoms with E-state index in [1.165, 1.54) is 59.1 Å². The zero-order valence-electron chi connectivity index (χ0n) is 32.4. The van der Waals surface area contributed by atoms with Gasteiger partial charge in [-0.15, -0.1) is 11.6 Å². The molecular weight excluding hydrogens is 652 g/mol. The Kier molecular flexibility index (Phi) is 15.6. The number of halogens is 1. The summed E-state index contributed by atoms with van der Waals surface area (Å²) in [7, 11) is -2.41. The molecule has 0 aromatic heterocycles. The molecule has 0 radical (unpaired) electrons. The van der Waals surface area contributed by atoms with E-state index in [9.17, 15) is 8.42 Å². The number of benzene rings is 1. The molecule has 0 spiro atoms. The average Bonchev–Trinajstić information content (AvgIpc) is 3.04. The molecule has 2 aliphatic carbocycles. The molecule has 0 saturated heterocycles. The molecule has 2 atom stereocenters. The number of rotatable bonds is 13. The van der Waals surface area contributed by atoms with E-state index in [0.717, 1.165) is 29.6 Å². The first kappa shape index (κ1) is 41.3. The molecule has 1 aromatic carbocycles. The van der Waals surface area contributed by atoms with Crippen molar-refractivity contribution in [3.63, 3.8) is 0 Å². The highest BCUT2D eigenvalue weighted by Crippen LogP contribution is 2.48. The van der Waals surface area contributed by atoms with Gasteiger partial charge in [0.05, 0.1) is 10.2 Å². The second-order valence-electron chi connectivity index (χ2n) is 15.8. The Hall–Kier alpha value is -3.14. The van der Waals surface area contributed by atoms with Crippen LogP contribution in [0.2, 0.25) is 0 Å². The lowest BCUT2D eigenvalue weighted by Crippen LogP contribution is -2.25. The molecule has 0 aliphatic heterocycles. The van der Waals surface area contributed by atoms with Gasteiger partial charge in [-0.05, 0) is 102 Å². The average molecular weight is 714 g/mol. The highest BCUT2D eigenvalue weighted by atomic mass is 35.5. The van der Waals surface area contributed by atoms with Gasteiger partial charge in [0.25, 0.3) is 0 Å². The van der Waals surface area contributed by atoms with Crippen molar-refractivity contribution in [3.05, 3.63) is 141 Å². The lowest BCUT2D eigenvalue weighted by molar-refractivity contribution is 0.352. The van der Waals surface area contributed by atoms with Crippen molar-refractivity contribution in [2.45, 2.75) is 125 Å². The van der Waals surface area contributed by atoms with Gasteiger partial charge in [0, 0.05) is 12.3 Å². The summed E-state index contributed by atoms with van der Waals surface area (Å²) in [5, 5.41) is -0.715. The van der Waals surface area contributed by atoms with E-state index >= 15 is 0 Å². The Morgan fingerprint density at radius 3 is 2.00 bits per heavy atom. The summed E-state index contributed by atoms with van der Waals surface area (Å²) in [6.07, 6.45) is 28.5. The van der Waals surface area contributed by atoms with E-state index in [0.29, 0.717) is 4.86 Å². The Labute approximate surface area is 311 Å². The maximum absolute atomic E-state index is 12.5. The summed E-state index contributed by atoms with van der Waals surface area (Å²) in [6, 6.07) is 10.5. The SMILES string of the molecule is CC(C=CC=C(C)C=CC1=C(C)CCCC1(C)C)=CC=CC=C(C)CC(C(Cl)C(C)=CC(C1=C(C)CCCC1(C)C)c1ccccc1)=S(=O)=O. The third-order valence-corrected chi connectivity index (χ3v) is 12.0. The van der Waals surface area contributed by atoms with Gasteiger partial charge in [-0.25, -0.2) is 0 Å². The van der Waals surface area contributed by atoms with Gasteiger partial charge in [-0.3, -0.25) is 0 Å². The maximum Gasteiger partial charge on any atom is 0.215 e. The van der Waals surface area contributed by atoms with Crippen LogP contribution in [0.15, 0.2) is 136 Å². The molecule has 0 fully saturated rings. The minimum atomic E-state index is -2.41. The molecule has 0 N–H and O–H groups in total. The molecular formula is C46H61ClO2S. The van der Waals surface area contributed by atoms with E-state index in [-0.39, 0.29) is 23.2 Å². The molecule has 1 aromatic rings. The summed E-state index contributed by atoms with van der Waals surface area (Å²) in [5.41, 5.74) is 11.5. The first-order valence-electron chi connectivity index (χ1n) is 18.3. The highest BCUT2D eigenvalue weighted by molar-refractivity contribution is 7.73. The molecule has 2 nitrogen and oxygen atoms in total. The topological polar surface area (TPSA) is 34.1 Å².